The summed E-state index contributed by atoms with van der Waals surface area (Å²) in [5.41, 5.74) is 7.64. The second-order valence-electron chi connectivity index (χ2n) is 4.94. The predicted molar refractivity (Wildman–Crippen MR) is 85.9 cm³/mol. The molecule has 1 heterocycles. The number of benzene rings is 1. The fourth-order valence-corrected chi connectivity index (χ4v) is 2.80. The number of para-hydroxylation sites is 1. The van der Waals surface area contributed by atoms with E-state index >= 15 is 0 Å². The van der Waals surface area contributed by atoms with Crippen LogP contribution in [0.3, 0.4) is 0 Å². The highest BCUT2D eigenvalue weighted by atomic mass is 32.1. The highest BCUT2D eigenvalue weighted by Gasteiger charge is 2.09. The maximum absolute atomic E-state index is 12.0. The molecule has 2 aromatic rings. The van der Waals surface area contributed by atoms with Gasteiger partial charge in [-0.15, -0.1) is 11.3 Å². The summed E-state index contributed by atoms with van der Waals surface area (Å²) >= 11 is 1.67. The molecule has 1 aromatic heterocycles. The quantitative estimate of drug-likeness (QED) is 0.847. The SMILES string of the molecule is CC(N)CCCC(=O)Nc1ccccc1-c1cccs1. The van der Waals surface area contributed by atoms with Gasteiger partial charge in [0.25, 0.3) is 0 Å². The molecule has 4 heteroatoms. The molecule has 0 spiro atoms. The zero-order chi connectivity index (χ0) is 14.4. The molecule has 1 aromatic carbocycles. The lowest BCUT2D eigenvalue weighted by Gasteiger charge is -2.10. The lowest BCUT2D eigenvalue weighted by Crippen LogP contribution is -2.17. The van der Waals surface area contributed by atoms with E-state index in [-0.39, 0.29) is 11.9 Å². The second-order valence-corrected chi connectivity index (χ2v) is 5.89. The molecule has 0 fully saturated rings. The van der Waals surface area contributed by atoms with Crippen molar-refractivity contribution in [2.24, 2.45) is 5.73 Å². The number of carbonyl (C=O) groups is 1. The van der Waals surface area contributed by atoms with Crippen LogP contribution in [0.4, 0.5) is 5.69 Å². The minimum atomic E-state index is 0.0506. The summed E-state index contributed by atoms with van der Waals surface area (Å²) in [6.07, 6.45) is 2.21. The Morgan fingerprint density at radius 2 is 2.10 bits per heavy atom. The lowest BCUT2D eigenvalue weighted by molar-refractivity contribution is -0.116. The molecule has 1 unspecified atom stereocenters. The van der Waals surface area contributed by atoms with Gasteiger partial charge >= 0.3 is 0 Å². The summed E-state index contributed by atoms with van der Waals surface area (Å²) in [7, 11) is 0. The van der Waals surface area contributed by atoms with Crippen LogP contribution in [0.15, 0.2) is 41.8 Å². The number of anilines is 1. The fraction of sp³-hybridized carbons (Fsp3) is 0.312. The zero-order valence-electron chi connectivity index (χ0n) is 11.6. The van der Waals surface area contributed by atoms with Gasteiger partial charge in [-0.2, -0.15) is 0 Å². The maximum atomic E-state index is 12.0. The maximum Gasteiger partial charge on any atom is 0.224 e. The predicted octanol–water partition coefficient (Wildman–Crippen LogP) is 3.87. The molecule has 20 heavy (non-hydrogen) atoms. The van der Waals surface area contributed by atoms with E-state index < -0.39 is 0 Å². The number of nitrogens with two attached hydrogens (primary N) is 1. The summed E-state index contributed by atoms with van der Waals surface area (Å²) in [6, 6.07) is 12.1. The van der Waals surface area contributed by atoms with Crippen LogP contribution >= 0.6 is 11.3 Å². The van der Waals surface area contributed by atoms with Crippen molar-refractivity contribution < 1.29 is 4.79 Å². The first kappa shape index (κ1) is 14.8. The Hall–Kier alpha value is -1.65. The third kappa shape index (κ3) is 4.18. The van der Waals surface area contributed by atoms with Crippen LogP contribution in [0.5, 0.6) is 0 Å². The number of hydrogen-bond donors (Lipinski definition) is 2. The number of amides is 1. The molecular formula is C16H20N2OS. The molecule has 0 saturated carbocycles. The van der Waals surface area contributed by atoms with Crippen LogP contribution < -0.4 is 11.1 Å². The van der Waals surface area contributed by atoms with Crippen molar-refractivity contribution in [1.82, 2.24) is 0 Å². The molecule has 0 bridgehead atoms. The van der Waals surface area contributed by atoms with Crippen LogP contribution in [-0.4, -0.2) is 11.9 Å². The number of rotatable bonds is 6. The van der Waals surface area contributed by atoms with Gasteiger partial charge < -0.3 is 11.1 Å². The van der Waals surface area contributed by atoms with Gasteiger partial charge in [0.2, 0.25) is 5.91 Å². The van der Waals surface area contributed by atoms with Gasteiger partial charge in [0.15, 0.2) is 0 Å². The molecular weight excluding hydrogens is 268 g/mol. The number of hydrogen-bond acceptors (Lipinski definition) is 3. The van der Waals surface area contributed by atoms with E-state index in [1.165, 1.54) is 0 Å². The molecule has 0 aliphatic heterocycles. The zero-order valence-corrected chi connectivity index (χ0v) is 12.5. The third-order valence-corrected chi connectivity index (χ3v) is 3.95. The Morgan fingerprint density at radius 3 is 2.80 bits per heavy atom. The van der Waals surface area contributed by atoms with E-state index in [1.54, 1.807) is 11.3 Å². The summed E-state index contributed by atoms with van der Waals surface area (Å²) in [5.74, 6) is 0.0506. The molecule has 3 N–H and O–H groups in total. The molecule has 3 nitrogen and oxygen atoms in total. The lowest BCUT2D eigenvalue weighted by atomic mass is 10.1. The molecule has 0 aliphatic rings. The fourth-order valence-electron chi connectivity index (χ4n) is 2.04. The van der Waals surface area contributed by atoms with Crippen molar-refractivity contribution in [3.8, 4) is 10.4 Å². The summed E-state index contributed by atoms with van der Waals surface area (Å²) in [5, 5.41) is 5.04. The molecule has 0 saturated heterocycles. The summed E-state index contributed by atoms with van der Waals surface area (Å²) in [4.78, 5) is 13.1. The Balaban J connectivity index is 2.01. The standard InChI is InChI=1S/C16H20N2OS/c1-12(17)6-4-10-16(19)18-14-8-3-2-7-13(14)15-9-5-11-20-15/h2-3,5,7-9,11-12H,4,6,10,17H2,1H3,(H,18,19). The van der Waals surface area contributed by atoms with Gasteiger partial charge in [0.05, 0.1) is 0 Å². The normalized spacial score (nSPS) is 12.1. The van der Waals surface area contributed by atoms with Crippen LogP contribution in [0, 0.1) is 0 Å². The third-order valence-electron chi connectivity index (χ3n) is 3.05. The number of nitrogens with one attached hydrogen (secondary N) is 1. The van der Waals surface area contributed by atoms with E-state index in [9.17, 15) is 4.79 Å². The number of thiophene rings is 1. The van der Waals surface area contributed by atoms with E-state index in [1.807, 2.05) is 42.6 Å². The molecule has 0 aliphatic carbocycles. The van der Waals surface area contributed by atoms with Gasteiger partial charge in [-0.1, -0.05) is 24.3 Å². The highest BCUT2D eigenvalue weighted by molar-refractivity contribution is 7.13. The molecule has 0 radical (unpaired) electrons. The van der Waals surface area contributed by atoms with Gasteiger partial charge in [-0.25, -0.2) is 0 Å². The minimum Gasteiger partial charge on any atom is -0.328 e. The van der Waals surface area contributed by atoms with E-state index in [4.69, 9.17) is 5.73 Å². The van der Waals surface area contributed by atoms with Gasteiger partial charge in [0.1, 0.15) is 0 Å². The average Bonchev–Trinajstić information content (AvgIpc) is 2.92. The van der Waals surface area contributed by atoms with Crippen molar-refractivity contribution >= 4 is 22.9 Å². The van der Waals surface area contributed by atoms with Crippen molar-refractivity contribution in [2.75, 3.05) is 5.32 Å². The van der Waals surface area contributed by atoms with E-state index in [2.05, 4.69) is 11.4 Å². The molecule has 1 atom stereocenters. The smallest absolute Gasteiger partial charge is 0.224 e. The van der Waals surface area contributed by atoms with E-state index in [0.29, 0.717) is 6.42 Å². The Morgan fingerprint density at radius 1 is 1.30 bits per heavy atom. The Labute approximate surface area is 123 Å². The summed E-state index contributed by atoms with van der Waals surface area (Å²) in [6.45, 7) is 1.96. The van der Waals surface area contributed by atoms with Crippen molar-refractivity contribution in [1.29, 1.82) is 0 Å². The van der Waals surface area contributed by atoms with Crippen LogP contribution in [0.25, 0.3) is 10.4 Å². The Bertz CT molecular complexity index is 549. The van der Waals surface area contributed by atoms with Gasteiger partial charge in [-0.3, -0.25) is 4.79 Å². The van der Waals surface area contributed by atoms with Crippen molar-refractivity contribution in [2.45, 2.75) is 32.2 Å². The average molecular weight is 288 g/mol. The largest absolute Gasteiger partial charge is 0.328 e. The number of carbonyl (C=O) groups excluding carboxylic acids is 1. The van der Waals surface area contributed by atoms with Crippen LogP contribution in [0.1, 0.15) is 26.2 Å². The second kappa shape index (κ2) is 7.22. The topological polar surface area (TPSA) is 55.1 Å². The summed E-state index contributed by atoms with van der Waals surface area (Å²) < 4.78 is 0. The minimum absolute atomic E-state index is 0.0506. The van der Waals surface area contributed by atoms with E-state index in [0.717, 1.165) is 29.0 Å². The molecule has 2 rings (SSSR count). The molecule has 1 amide bonds. The molecule has 106 valence electrons. The monoisotopic (exact) mass is 288 g/mol. The first-order valence-corrected chi connectivity index (χ1v) is 7.73. The van der Waals surface area contributed by atoms with Gasteiger partial charge in [0, 0.05) is 28.6 Å². The van der Waals surface area contributed by atoms with Crippen LogP contribution in [-0.2, 0) is 4.79 Å². The van der Waals surface area contributed by atoms with Crippen molar-refractivity contribution in [3.05, 3.63) is 41.8 Å². The van der Waals surface area contributed by atoms with Gasteiger partial charge in [-0.05, 0) is 37.3 Å². The van der Waals surface area contributed by atoms with Crippen molar-refractivity contribution in [3.63, 3.8) is 0 Å². The van der Waals surface area contributed by atoms with Crippen LogP contribution in [0.2, 0.25) is 0 Å². The highest BCUT2D eigenvalue weighted by Crippen LogP contribution is 2.31. The Kier molecular flexibility index (Phi) is 5.32. The first-order valence-electron chi connectivity index (χ1n) is 6.85. The first-order chi connectivity index (χ1) is 9.66.